The highest BCUT2D eigenvalue weighted by Gasteiger charge is 2.17. The van der Waals surface area contributed by atoms with Crippen LogP contribution in [0, 0.1) is 43.4 Å². The fraction of sp³-hybridized carbons (Fsp3) is 0.171. The number of esters is 2. The van der Waals surface area contributed by atoms with Gasteiger partial charge in [0.25, 0.3) is 0 Å². The summed E-state index contributed by atoms with van der Waals surface area (Å²) in [5, 5.41) is 39.6. The molecule has 2 aromatic heterocycles. The predicted molar refractivity (Wildman–Crippen MR) is 208 cm³/mol. The lowest BCUT2D eigenvalue weighted by Gasteiger charge is -2.09. The molecule has 56 heavy (non-hydrogen) atoms. The normalized spacial score (nSPS) is 11.6. The zero-order valence-corrected chi connectivity index (χ0v) is 31.2. The van der Waals surface area contributed by atoms with Crippen LogP contribution in [0.25, 0.3) is 33.2 Å². The number of nitrogens with zero attached hydrogens (tertiary/aromatic N) is 4. The van der Waals surface area contributed by atoms with Crippen LogP contribution in [0.4, 0.5) is 0 Å². The van der Waals surface area contributed by atoms with E-state index < -0.39 is 30.9 Å². The quantitative estimate of drug-likeness (QED) is 0.0539. The maximum atomic E-state index is 11.9. The van der Waals surface area contributed by atoms with Crippen LogP contribution in [-0.2, 0) is 19.1 Å². The van der Waals surface area contributed by atoms with E-state index in [9.17, 15) is 30.3 Å². The first-order valence-corrected chi connectivity index (χ1v) is 17.3. The lowest BCUT2D eigenvalue weighted by Crippen LogP contribution is -2.16. The lowest BCUT2D eigenvalue weighted by atomic mass is 10.1. The van der Waals surface area contributed by atoms with Gasteiger partial charge in [0.1, 0.15) is 48.0 Å². The van der Waals surface area contributed by atoms with E-state index in [0.29, 0.717) is 27.6 Å². The zero-order chi connectivity index (χ0) is 40.2. The number of halogens is 1. The summed E-state index contributed by atoms with van der Waals surface area (Å²) < 4.78 is 20.7. The van der Waals surface area contributed by atoms with Crippen molar-refractivity contribution in [3.8, 4) is 23.6 Å². The van der Waals surface area contributed by atoms with Crippen molar-refractivity contribution in [2.24, 2.45) is 0 Å². The summed E-state index contributed by atoms with van der Waals surface area (Å²) in [6.45, 7) is 4.11. The Morgan fingerprint density at radius 3 is 1.57 bits per heavy atom. The Hall–Kier alpha value is -7.29. The van der Waals surface area contributed by atoms with Gasteiger partial charge in [-0.3, -0.25) is 0 Å². The topological polar surface area (TPSA) is 216 Å². The van der Waals surface area contributed by atoms with Gasteiger partial charge >= 0.3 is 11.9 Å². The summed E-state index contributed by atoms with van der Waals surface area (Å²) >= 11 is 5.93. The highest BCUT2D eigenvalue weighted by atomic mass is 35.5. The number of carbonyl (C=O) groups excluding carboxylic acids is 2. The van der Waals surface area contributed by atoms with E-state index >= 15 is 0 Å². The molecule has 2 heterocycles. The number of aromatic nitrogens is 4. The van der Waals surface area contributed by atoms with Gasteiger partial charge in [0, 0.05) is 5.02 Å². The van der Waals surface area contributed by atoms with Crippen LogP contribution < -0.4 is 9.47 Å². The Morgan fingerprint density at radius 1 is 0.661 bits per heavy atom. The fourth-order valence-electron chi connectivity index (χ4n) is 5.18. The number of allylic oxidation sites excluding steroid dienone is 2. The van der Waals surface area contributed by atoms with Gasteiger partial charge in [-0.25, -0.2) is 19.6 Å². The molecule has 0 saturated heterocycles. The molecule has 0 amide bonds. The van der Waals surface area contributed by atoms with Crippen LogP contribution in [0.5, 0.6) is 11.5 Å². The van der Waals surface area contributed by atoms with Gasteiger partial charge in [0.05, 0.1) is 22.1 Å². The molecule has 0 bridgehead atoms. The molecule has 284 valence electrons. The van der Waals surface area contributed by atoms with E-state index in [2.05, 4.69) is 19.9 Å². The van der Waals surface area contributed by atoms with Crippen molar-refractivity contribution in [3.63, 3.8) is 0 Å². The number of aryl methyl sites for hydroxylation is 3. The Morgan fingerprint density at radius 2 is 1.12 bits per heavy atom. The Balaban J connectivity index is 0.000000214. The SMILES string of the molecule is Cc1cc(C)cc(OCC(=O)OCC(O)=C(C#N)c2nc3ccccc3[nH]2)c1.Cc1cc(OCC(=O)OCC(O)=C(C#N)c2nc3ccccc3[nH]2)ccc1Cl. The highest BCUT2D eigenvalue weighted by Crippen LogP contribution is 2.23. The van der Waals surface area contributed by atoms with Crippen LogP contribution >= 0.6 is 11.6 Å². The maximum Gasteiger partial charge on any atom is 0.344 e. The second-order valence-electron chi connectivity index (χ2n) is 12.2. The zero-order valence-electron chi connectivity index (χ0n) is 30.4. The molecule has 6 aromatic rings. The van der Waals surface area contributed by atoms with E-state index in [4.69, 9.17) is 30.5 Å². The predicted octanol–water partition coefficient (Wildman–Crippen LogP) is 7.53. The van der Waals surface area contributed by atoms with Crippen LogP contribution in [-0.4, -0.2) is 68.5 Å². The molecular weight excluding hydrogens is 740 g/mol. The molecule has 0 unspecified atom stereocenters. The van der Waals surface area contributed by atoms with Crippen LogP contribution in [0.15, 0.2) is 96.4 Å². The van der Waals surface area contributed by atoms with Gasteiger partial charge in [-0.05, 0) is 92.1 Å². The minimum absolute atomic E-state index is 0.0840. The summed E-state index contributed by atoms with van der Waals surface area (Å²) in [5.41, 5.74) is 5.45. The molecule has 0 spiro atoms. The largest absolute Gasteiger partial charge is 0.507 e. The number of hydrogen-bond acceptors (Lipinski definition) is 12. The van der Waals surface area contributed by atoms with Crippen molar-refractivity contribution < 1.29 is 38.7 Å². The molecule has 14 nitrogen and oxygen atoms in total. The van der Waals surface area contributed by atoms with Crippen molar-refractivity contribution in [2.45, 2.75) is 20.8 Å². The average molecular weight is 775 g/mol. The minimum atomic E-state index is -0.693. The number of hydrogen-bond donors (Lipinski definition) is 4. The molecule has 0 aliphatic rings. The number of carbonyl (C=O) groups is 2. The number of nitrogens with one attached hydrogen (secondary N) is 2. The third-order valence-electron chi connectivity index (χ3n) is 7.83. The first kappa shape index (κ1) is 39.9. The lowest BCUT2D eigenvalue weighted by molar-refractivity contribution is -0.146. The standard InChI is InChI=1S/C21H19N3O4.C20H16ClN3O4/c1-13-7-14(2)9-15(8-13)27-12-20(26)28-11-19(25)16(10-22)21-23-17-5-3-4-6-18(17)24-21;1-12-8-13(6-7-15(12)21)27-11-19(26)28-10-18(25)14(9-22)20-23-16-4-2-3-5-17(16)24-20/h3-9,25H,11-12H2,1-2H3,(H,23,24);2-8,25H,10-11H2,1H3,(H,23,24). The number of rotatable bonds is 12. The number of H-pyrrole nitrogens is 2. The molecule has 15 heteroatoms. The second kappa shape index (κ2) is 18.6. The van der Waals surface area contributed by atoms with Crippen molar-refractivity contribution in [3.05, 3.63) is 130 Å². The third kappa shape index (κ3) is 10.7. The number of benzene rings is 4. The molecule has 6 rings (SSSR count). The number of nitriles is 2. The van der Waals surface area contributed by atoms with Gasteiger partial charge in [-0.2, -0.15) is 10.5 Å². The average Bonchev–Trinajstić information content (AvgIpc) is 3.81. The first-order valence-electron chi connectivity index (χ1n) is 16.9. The summed E-state index contributed by atoms with van der Waals surface area (Å²) in [5.74, 6) is -0.700. The van der Waals surface area contributed by atoms with Crippen molar-refractivity contribution in [2.75, 3.05) is 26.4 Å². The number of ether oxygens (including phenoxy) is 4. The Bertz CT molecular complexity index is 2460. The molecule has 0 fully saturated rings. The van der Waals surface area contributed by atoms with Gasteiger partial charge in [0.15, 0.2) is 36.4 Å². The van der Waals surface area contributed by atoms with E-state index in [1.54, 1.807) is 36.4 Å². The fourth-order valence-corrected chi connectivity index (χ4v) is 5.30. The number of para-hydroxylation sites is 4. The molecule has 0 aliphatic carbocycles. The Kier molecular flexibility index (Phi) is 13.3. The van der Waals surface area contributed by atoms with E-state index in [-0.39, 0.29) is 41.8 Å². The third-order valence-corrected chi connectivity index (χ3v) is 8.25. The number of aliphatic hydroxyl groups is 2. The molecule has 4 N–H and O–H groups in total. The number of aromatic amines is 2. The van der Waals surface area contributed by atoms with E-state index in [1.165, 1.54) is 0 Å². The van der Waals surface area contributed by atoms with Gasteiger partial charge in [0.2, 0.25) is 0 Å². The first-order chi connectivity index (χ1) is 26.9. The van der Waals surface area contributed by atoms with E-state index in [1.807, 2.05) is 81.4 Å². The maximum absolute atomic E-state index is 11.9. The summed E-state index contributed by atoms with van der Waals surface area (Å²) in [4.78, 5) is 38.2. The Labute approximate surface area is 325 Å². The van der Waals surface area contributed by atoms with Crippen molar-refractivity contribution >= 4 is 56.8 Å². The second-order valence-corrected chi connectivity index (χ2v) is 12.6. The monoisotopic (exact) mass is 774 g/mol. The smallest absolute Gasteiger partial charge is 0.344 e. The molecular formula is C41H35ClN6O8. The van der Waals surface area contributed by atoms with Gasteiger partial charge in [-0.1, -0.05) is 41.9 Å². The number of aliphatic hydroxyl groups excluding tert-OH is 2. The summed E-state index contributed by atoms with van der Waals surface area (Å²) in [6, 6.07) is 28.8. The number of fused-ring (bicyclic) bond motifs is 2. The molecule has 4 aromatic carbocycles. The minimum Gasteiger partial charge on any atom is -0.507 e. The van der Waals surface area contributed by atoms with Gasteiger partial charge in [-0.15, -0.1) is 0 Å². The number of imidazole rings is 2. The van der Waals surface area contributed by atoms with Crippen molar-refractivity contribution in [1.82, 2.24) is 19.9 Å². The van der Waals surface area contributed by atoms with Crippen LogP contribution in [0.1, 0.15) is 28.3 Å². The summed E-state index contributed by atoms with van der Waals surface area (Å²) in [6.07, 6.45) is 0. The highest BCUT2D eigenvalue weighted by molar-refractivity contribution is 6.31. The van der Waals surface area contributed by atoms with Gasteiger partial charge < -0.3 is 39.1 Å². The van der Waals surface area contributed by atoms with Crippen LogP contribution in [0.2, 0.25) is 5.02 Å². The van der Waals surface area contributed by atoms with Crippen molar-refractivity contribution in [1.29, 1.82) is 10.5 Å². The summed E-state index contributed by atoms with van der Waals surface area (Å²) in [7, 11) is 0. The molecule has 0 aliphatic heterocycles. The van der Waals surface area contributed by atoms with E-state index in [0.717, 1.165) is 27.7 Å². The molecule has 0 radical (unpaired) electrons. The molecule has 0 saturated carbocycles. The molecule has 0 atom stereocenters. The van der Waals surface area contributed by atoms with Crippen LogP contribution in [0.3, 0.4) is 0 Å².